The van der Waals surface area contributed by atoms with Crippen molar-refractivity contribution in [1.82, 2.24) is 9.80 Å². The number of aliphatic hydroxyl groups is 1. The van der Waals surface area contributed by atoms with Crippen LogP contribution in [0.3, 0.4) is 0 Å². The van der Waals surface area contributed by atoms with Gasteiger partial charge in [0.1, 0.15) is 0 Å². The molecule has 1 fully saturated rings. The zero-order chi connectivity index (χ0) is 22.0. The lowest BCUT2D eigenvalue weighted by atomic mass is 10.0. The lowest BCUT2D eigenvalue weighted by Crippen LogP contribution is -2.47. The summed E-state index contributed by atoms with van der Waals surface area (Å²) >= 11 is 0. The molecule has 0 bridgehead atoms. The van der Waals surface area contributed by atoms with Crippen LogP contribution in [0.25, 0.3) is 5.57 Å². The van der Waals surface area contributed by atoms with Crippen LogP contribution in [-0.2, 0) is 16.1 Å². The number of piperidine rings is 1. The molecule has 0 spiro atoms. The topological polar surface area (TPSA) is 79.3 Å². The summed E-state index contributed by atoms with van der Waals surface area (Å²) in [7, 11) is 3.01. The molecule has 2 aliphatic heterocycles. The number of aliphatic hydroxyl groups excluding tert-OH is 1. The van der Waals surface area contributed by atoms with E-state index in [1.54, 1.807) is 18.2 Å². The average Bonchev–Trinajstić information content (AvgIpc) is 3.02. The van der Waals surface area contributed by atoms with E-state index >= 15 is 0 Å². The number of imide groups is 1. The summed E-state index contributed by atoms with van der Waals surface area (Å²) in [5.74, 6) is -0.671. The molecule has 2 amide bonds. The van der Waals surface area contributed by atoms with Crippen molar-refractivity contribution in [2.24, 2.45) is 0 Å². The number of likely N-dealkylation sites (tertiary alicyclic amines) is 1. The van der Waals surface area contributed by atoms with Gasteiger partial charge in [-0.05, 0) is 36.1 Å². The van der Waals surface area contributed by atoms with E-state index < -0.39 is 17.6 Å². The average molecular weight is 422 g/mol. The van der Waals surface area contributed by atoms with E-state index in [1.165, 1.54) is 24.7 Å². The minimum atomic E-state index is -0.628. The Balaban J connectivity index is 1.47. The number of benzene rings is 2. The predicted octanol–water partition coefficient (Wildman–Crippen LogP) is 3.01. The second-order valence-electron chi connectivity index (χ2n) is 7.77. The Labute approximate surface area is 181 Å². The van der Waals surface area contributed by atoms with Gasteiger partial charge in [-0.1, -0.05) is 36.4 Å². The number of rotatable bonds is 6. The molecule has 0 unspecified atom stereocenters. The van der Waals surface area contributed by atoms with Gasteiger partial charge in [0.15, 0.2) is 17.3 Å². The van der Waals surface area contributed by atoms with Crippen LogP contribution in [-0.4, -0.2) is 60.1 Å². The number of carbonyl (C=O) groups excluding carboxylic acids is 2. The third-order valence-electron chi connectivity index (χ3n) is 5.93. The van der Waals surface area contributed by atoms with Crippen molar-refractivity contribution in [2.75, 3.05) is 27.3 Å². The quantitative estimate of drug-likeness (QED) is 0.721. The fraction of sp³-hybridized carbons (Fsp3) is 0.333. The van der Waals surface area contributed by atoms with Crippen molar-refractivity contribution >= 4 is 17.4 Å². The van der Waals surface area contributed by atoms with Crippen LogP contribution < -0.4 is 9.47 Å². The van der Waals surface area contributed by atoms with Gasteiger partial charge in [-0.15, -0.1) is 0 Å². The van der Waals surface area contributed by atoms with Crippen molar-refractivity contribution in [3.63, 3.8) is 0 Å². The monoisotopic (exact) mass is 422 g/mol. The Morgan fingerprint density at radius 1 is 0.935 bits per heavy atom. The third kappa shape index (κ3) is 4.01. The van der Waals surface area contributed by atoms with Crippen LogP contribution in [0.15, 0.2) is 54.3 Å². The molecule has 2 aromatic rings. The van der Waals surface area contributed by atoms with Gasteiger partial charge in [0.2, 0.25) is 0 Å². The molecule has 7 nitrogen and oxygen atoms in total. The molecular formula is C24H26N2O5. The summed E-state index contributed by atoms with van der Waals surface area (Å²) in [5, 5.41) is 10.5. The normalized spacial score (nSPS) is 18.1. The van der Waals surface area contributed by atoms with Crippen molar-refractivity contribution in [3.05, 3.63) is 65.4 Å². The van der Waals surface area contributed by atoms with Gasteiger partial charge in [-0.25, -0.2) is 0 Å². The molecule has 0 aromatic heterocycles. The van der Waals surface area contributed by atoms with Gasteiger partial charge in [0.25, 0.3) is 11.8 Å². The van der Waals surface area contributed by atoms with Gasteiger partial charge < -0.3 is 14.6 Å². The lowest BCUT2D eigenvalue weighted by molar-refractivity contribution is -0.141. The largest absolute Gasteiger partial charge is 0.502 e. The number of nitrogens with zero attached hydrogens (tertiary/aromatic N) is 2. The molecule has 162 valence electrons. The van der Waals surface area contributed by atoms with Gasteiger partial charge in [-0.2, -0.15) is 0 Å². The summed E-state index contributed by atoms with van der Waals surface area (Å²) in [6, 6.07) is 14.9. The maximum Gasteiger partial charge on any atom is 0.296 e. The second-order valence-corrected chi connectivity index (χ2v) is 7.77. The molecule has 2 heterocycles. The van der Waals surface area contributed by atoms with Crippen LogP contribution in [0, 0.1) is 0 Å². The highest BCUT2D eigenvalue weighted by Gasteiger charge is 2.43. The molecule has 31 heavy (non-hydrogen) atoms. The van der Waals surface area contributed by atoms with Crippen LogP contribution in [0.4, 0.5) is 0 Å². The predicted molar refractivity (Wildman–Crippen MR) is 116 cm³/mol. The zero-order valence-corrected chi connectivity index (χ0v) is 17.7. The zero-order valence-electron chi connectivity index (χ0n) is 17.7. The Bertz CT molecular complexity index is 1010. The fourth-order valence-corrected chi connectivity index (χ4v) is 4.30. The van der Waals surface area contributed by atoms with E-state index in [0.29, 0.717) is 29.9 Å². The SMILES string of the molecule is COc1ccc(C2=C(O)C(=O)N(C3CCN(Cc4ccccc4)CC3)C2=O)cc1OC. The molecule has 7 heteroatoms. The van der Waals surface area contributed by atoms with Crippen LogP contribution in [0.1, 0.15) is 24.0 Å². The summed E-state index contributed by atoms with van der Waals surface area (Å²) in [6.45, 7) is 2.40. The van der Waals surface area contributed by atoms with Gasteiger partial charge >= 0.3 is 0 Å². The molecule has 0 atom stereocenters. The first-order chi connectivity index (χ1) is 15.0. The van der Waals surface area contributed by atoms with Crippen molar-refractivity contribution in [1.29, 1.82) is 0 Å². The minimum absolute atomic E-state index is 0.0117. The number of hydrogen-bond donors (Lipinski definition) is 1. The van der Waals surface area contributed by atoms with Gasteiger partial charge in [-0.3, -0.25) is 19.4 Å². The molecule has 0 saturated carbocycles. The van der Waals surface area contributed by atoms with Gasteiger partial charge in [0, 0.05) is 25.7 Å². The Morgan fingerprint density at radius 3 is 2.26 bits per heavy atom. The van der Waals surface area contributed by atoms with Crippen LogP contribution in [0.2, 0.25) is 0 Å². The van der Waals surface area contributed by atoms with Crippen molar-refractivity contribution < 1.29 is 24.2 Å². The summed E-state index contributed by atoms with van der Waals surface area (Å²) in [4.78, 5) is 29.5. The van der Waals surface area contributed by atoms with E-state index in [1.807, 2.05) is 18.2 Å². The van der Waals surface area contributed by atoms with Crippen LogP contribution in [0.5, 0.6) is 11.5 Å². The first kappa shape index (κ1) is 20.9. The van der Waals surface area contributed by atoms with Crippen LogP contribution >= 0.6 is 0 Å². The number of hydrogen-bond acceptors (Lipinski definition) is 6. The number of methoxy groups -OCH3 is 2. The second kappa shape index (κ2) is 8.81. The summed E-state index contributed by atoms with van der Waals surface area (Å²) in [5.41, 5.74) is 1.68. The molecule has 4 rings (SSSR count). The van der Waals surface area contributed by atoms with E-state index in [-0.39, 0.29) is 11.6 Å². The third-order valence-corrected chi connectivity index (χ3v) is 5.93. The number of carbonyl (C=O) groups is 2. The molecule has 2 aromatic carbocycles. The Hall–Kier alpha value is -3.32. The van der Waals surface area contributed by atoms with Crippen molar-refractivity contribution in [2.45, 2.75) is 25.4 Å². The van der Waals surface area contributed by atoms with Crippen molar-refractivity contribution in [3.8, 4) is 11.5 Å². The molecule has 1 N–H and O–H groups in total. The van der Waals surface area contributed by atoms with E-state index in [2.05, 4.69) is 17.0 Å². The maximum absolute atomic E-state index is 13.2. The number of amides is 2. The molecule has 2 aliphatic rings. The first-order valence-corrected chi connectivity index (χ1v) is 10.3. The Morgan fingerprint density at radius 2 is 1.61 bits per heavy atom. The van der Waals surface area contributed by atoms with E-state index in [4.69, 9.17) is 9.47 Å². The molecule has 0 radical (unpaired) electrons. The minimum Gasteiger partial charge on any atom is -0.502 e. The maximum atomic E-state index is 13.2. The van der Waals surface area contributed by atoms with E-state index in [9.17, 15) is 14.7 Å². The molecular weight excluding hydrogens is 396 g/mol. The standard InChI is InChI=1S/C24H26N2O5/c1-30-19-9-8-17(14-20(19)31-2)21-22(27)24(29)26(23(21)28)18-10-12-25(13-11-18)15-16-6-4-3-5-7-16/h3-9,14,18,27H,10-13,15H2,1-2H3. The highest BCUT2D eigenvalue weighted by Crippen LogP contribution is 2.36. The first-order valence-electron chi connectivity index (χ1n) is 10.3. The smallest absolute Gasteiger partial charge is 0.296 e. The lowest BCUT2D eigenvalue weighted by Gasteiger charge is -2.35. The highest BCUT2D eigenvalue weighted by atomic mass is 16.5. The molecule has 0 aliphatic carbocycles. The van der Waals surface area contributed by atoms with Gasteiger partial charge in [0.05, 0.1) is 19.8 Å². The molecule has 1 saturated heterocycles. The fourth-order valence-electron chi connectivity index (χ4n) is 4.30. The number of ether oxygens (including phenoxy) is 2. The van der Waals surface area contributed by atoms with E-state index in [0.717, 1.165) is 19.6 Å². The summed E-state index contributed by atoms with van der Waals surface area (Å²) in [6.07, 6.45) is 1.35. The highest BCUT2D eigenvalue weighted by molar-refractivity contribution is 6.35. The summed E-state index contributed by atoms with van der Waals surface area (Å²) < 4.78 is 10.5. The Kier molecular flexibility index (Phi) is 5.95.